The topological polar surface area (TPSA) is 129 Å². The molecule has 2 fully saturated rings. The van der Waals surface area contributed by atoms with Crippen LogP contribution in [0.15, 0.2) is 35.5 Å². The number of nitrogens with one attached hydrogen (secondary N) is 1. The zero-order valence-corrected chi connectivity index (χ0v) is 17.1. The van der Waals surface area contributed by atoms with Gasteiger partial charge in [-0.25, -0.2) is 8.42 Å². The minimum atomic E-state index is -3.94. The summed E-state index contributed by atoms with van der Waals surface area (Å²) in [7, 11) is -3.94. The zero-order valence-electron chi connectivity index (χ0n) is 16.3. The predicted molar refractivity (Wildman–Crippen MR) is 107 cm³/mol. The molecule has 0 aliphatic carbocycles. The van der Waals surface area contributed by atoms with Crippen LogP contribution in [0, 0.1) is 10.1 Å². The largest absolute Gasteiger partial charge is 0.379 e. The number of aromatic nitrogens is 2. The van der Waals surface area contributed by atoms with Crippen LogP contribution in [-0.4, -0.2) is 66.4 Å². The van der Waals surface area contributed by atoms with Crippen molar-refractivity contribution in [2.45, 2.75) is 30.4 Å². The number of anilines is 2. The lowest BCUT2D eigenvalue weighted by atomic mass is 10.2. The van der Waals surface area contributed by atoms with Gasteiger partial charge in [-0.2, -0.15) is 9.40 Å². The van der Waals surface area contributed by atoms with Gasteiger partial charge in [-0.3, -0.25) is 14.8 Å². The van der Waals surface area contributed by atoms with Crippen LogP contribution in [0.2, 0.25) is 0 Å². The van der Waals surface area contributed by atoms with Crippen LogP contribution in [0.5, 0.6) is 0 Å². The molecule has 162 valence electrons. The van der Waals surface area contributed by atoms with Gasteiger partial charge in [0.15, 0.2) is 0 Å². The van der Waals surface area contributed by atoms with E-state index in [-0.39, 0.29) is 48.7 Å². The number of ether oxygens (including phenoxy) is 2. The molecule has 1 aromatic carbocycles. The molecule has 0 bridgehead atoms. The molecule has 2 aliphatic heterocycles. The van der Waals surface area contributed by atoms with Crippen molar-refractivity contribution >= 4 is 27.1 Å². The molecule has 12 heteroatoms. The maximum atomic E-state index is 13.2. The van der Waals surface area contributed by atoms with Crippen LogP contribution in [0.4, 0.5) is 17.1 Å². The van der Waals surface area contributed by atoms with Gasteiger partial charge >= 0.3 is 0 Å². The van der Waals surface area contributed by atoms with E-state index in [0.29, 0.717) is 12.2 Å². The number of non-ortho nitro benzene ring substituents is 1. The van der Waals surface area contributed by atoms with E-state index in [1.54, 1.807) is 17.1 Å². The average molecular weight is 437 g/mol. The molecule has 30 heavy (non-hydrogen) atoms. The van der Waals surface area contributed by atoms with Crippen LogP contribution in [0.25, 0.3) is 0 Å². The van der Waals surface area contributed by atoms with Crippen molar-refractivity contribution in [3.8, 4) is 0 Å². The SMILES string of the molecule is O=[N+]([O-])c1ccc(Nc2cnn(C[C@H]3CCCO3)c2)c(S(=O)(=O)N2CCOCC2)c1. The summed E-state index contributed by atoms with van der Waals surface area (Å²) >= 11 is 0. The summed E-state index contributed by atoms with van der Waals surface area (Å²) < 4.78 is 40.2. The fourth-order valence-electron chi connectivity index (χ4n) is 3.55. The Hall–Kier alpha value is -2.54. The molecule has 0 unspecified atom stereocenters. The monoisotopic (exact) mass is 437 g/mol. The van der Waals surface area contributed by atoms with Gasteiger partial charge in [0.2, 0.25) is 10.0 Å². The summed E-state index contributed by atoms with van der Waals surface area (Å²) in [6.45, 7) is 2.33. The fourth-order valence-corrected chi connectivity index (χ4v) is 5.12. The number of hydrogen-bond donors (Lipinski definition) is 1. The van der Waals surface area contributed by atoms with Crippen molar-refractivity contribution in [2.24, 2.45) is 0 Å². The zero-order chi connectivity index (χ0) is 21.1. The highest BCUT2D eigenvalue weighted by Gasteiger charge is 2.30. The van der Waals surface area contributed by atoms with Gasteiger partial charge in [0.05, 0.1) is 48.4 Å². The molecule has 2 saturated heterocycles. The van der Waals surface area contributed by atoms with E-state index in [1.165, 1.54) is 16.4 Å². The Kier molecular flexibility index (Phi) is 5.99. The number of hydrogen-bond acceptors (Lipinski definition) is 8. The van der Waals surface area contributed by atoms with Gasteiger partial charge in [0.25, 0.3) is 5.69 Å². The Bertz CT molecular complexity index is 1010. The van der Waals surface area contributed by atoms with Crippen LogP contribution < -0.4 is 5.32 Å². The van der Waals surface area contributed by atoms with Crippen molar-refractivity contribution in [2.75, 3.05) is 38.2 Å². The third kappa shape index (κ3) is 4.46. The first kappa shape index (κ1) is 20.7. The quantitative estimate of drug-likeness (QED) is 0.512. The predicted octanol–water partition coefficient (Wildman–Crippen LogP) is 1.73. The van der Waals surface area contributed by atoms with Gasteiger partial charge in [-0.1, -0.05) is 0 Å². The lowest BCUT2D eigenvalue weighted by molar-refractivity contribution is -0.385. The molecule has 11 nitrogen and oxygen atoms in total. The highest BCUT2D eigenvalue weighted by atomic mass is 32.2. The molecule has 2 aromatic rings. The van der Waals surface area contributed by atoms with Crippen LogP contribution >= 0.6 is 0 Å². The summed E-state index contributed by atoms with van der Waals surface area (Å²) in [5.74, 6) is 0. The number of nitrogens with zero attached hydrogens (tertiary/aromatic N) is 4. The first-order valence-electron chi connectivity index (χ1n) is 9.71. The number of morpholine rings is 1. The Morgan fingerprint density at radius 3 is 2.77 bits per heavy atom. The molecular formula is C18H23N5O6S. The first-order chi connectivity index (χ1) is 14.4. The van der Waals surface area contributed by atoms with Crippen LogP contribution in [-0.2, 0) is 26.0 Å². The number of rotatable bonds is 7. The summed E-state index contributed by atoms with van der Waals surface area (Å²) in [5, 5.41) is 18.6. The van der Waals surface area contributed by atoms with E-state index in [4.69, 9.17) is 9.47 Å². The smallest absolute Gasteiger partial charge is 0.270 e. The average Bonchev–Trinajstić information content (AvgIpc) is 3.41. The molecule has 0 amide bonds. The van der Waals surface area contributed by atoms with E-state index >= 15 is 0 Å². The molecule has 0 spiro atoms. The molecular weight excluding hydrogens is 414 g/mol. The van der Waals surface area contributed by atoms with E-state index in [2.05, 4.69) is 10.4 Å². The van der Waals surface area contributed by atoms with Crippen molar-refractivity contribution in [3.05, 3.63) is 40.7 Å². The van der Waals surface area contributed by atoms with Gasteiger partial charge in [-0.05, 0) is 18.9 Å². The second kappa shape index (κ2) is 8.68. The molecule has 3 heterocycles. The van der Waals surface area contributed by atoms with Gasteiger partial charge in [0.1, 0.15) is 4.90 Å². The van der Waals surface area contributed by atoms with Crippen molar-refractivity contribution in [1.82, 2.24) is 14.1 Å². The minimum Gasteiger partial charge on any atom is -0.379 e. The van der Waals surface area contributed by atoms with Gasteiger partial charge < -0.3 is 14.8 Å². The molecule has 4 rings (SSSR count). The van der Waals surface area contributed by atoms with Crippen molar-refractivity contribution in [3.63, 3.8) is 0 Å². The molecule has 1 aromatic heterocycles. The number of benzene rings is 1. The van der Waals surface area contributed by atoms with Crippen molar-refractivity contribution < 1.29 is 22.8 Å². The summed E-state index contributed by atoms with van der Waals surface area (Å²) in [6.07, 6.45) is 5.47. The Morgan fingerprint density at radius 2 is 2.07 bits per heavy atom. The Balaban J connectivity index is 1.61. The fraction of sp³-hybridized carbons (Fsp3) is 0.500. The Morgan fingerprint density at radius 1 is 1.27 bits per heavy atom. The van der Waals surface area contributed by atoms with Gasteiger partial charge in [0, 0.05) is 38.0 Å². The van der Waals surface area contributed by atoms with E-state index in [9.17, 15) is 18.5 Å². The van der Waals surface area contributed by atoms with E-state index < -0.39 is 14.9 Å². The lowest BCUT2D eigenvalue weighted by Crippen LogP contribution is -2.40. The number of nitro groups is 1. The molecule has 0 radical (unpaired) electrons. The number of nitro benzene ring substituents is 1. The molecule has 2 aliphatic rings. The normalized spacial score (nSPS) is 20.3. The second-order valence-corrected chi connectivity index (χ2v) is 9.07. The highest BCUT2D eigenvalue weighted by Crippen LogP contribution is 2.31. The lowest BCUT2D eigenvalue weighted by Gasteiger charge is -2.26. The van der Waals surface area contributed by atoms with E-state index in [0.717, 1.165) is 25.5 Å². The third-order valence-electron chi connectivity index (χ3n) is 5.09. The standard InChI is InChI=1S/C18H23N5O6S/c24-23(25)15-3-4-17(18(10-15)30(26,27)22-5-8-28-9-6-22)20-14-11-19-21(12-14)13-16-2-1-7-29-16/h3-4,10-12,16,20H,1-2,5-9,13H2/t16-/m1/s1. The minimum absolute atomic E-state index is 0.120. The molecule has 1 atom stereocenters. The van der Waals surface area contributed by atoms with Crippen LogP contribution in [0.3, 0.4) is 0 Å². The van der Waals surface area contributed by atoms with E-state index in [1.807, 2.05) is 0 Å². The van der Waals surface area contributed by atoms with Gasteiger partial charge in [-0.15, -0.1) is 0 Å². The van der Waals surface area contributed by atoms with Crippen LogP contribution in [0.1, 0.15) is 12.8 Å². The Labute approximate surface area is 173 Å². The third-order valence-corrected chi connectivity index (χ3v) is 7.03. The first-order valence-corrected chi connectivity index (χ1v) is 11.1. The maximum absolute atomic E-state index is 13.2. The van der Waals surface area contributed by atoms with Crippen molar-refractivity contribution in [1.29, 1.82) is 0 Å². The molecule has 0 saturated carbocycles. The maximum Gasteiger partial charge on any atom is 0.270 e. The second-order valence-electron chi connectivity index (χ2n) is 7.17. The number of sulfonamides is 1. The summed E-state index contributed by atoms with van der Waals surface area (Å²) in [6, 6.07) is 3.77. The summed E-state index contributed by atoms with van der Waals surface area (Å²) in [5.41, 5.74) is 0.547. The summed E-state index contributed by atoms with van der Waals surface area (Å²) in [4.78, 5) is 10.5. The molecule has 1 N–H and O–H groups in total. The highest BCUT2D eigenvalue weighted by molar-refractivity contribution is 7.89.